The van der Waals surface area contributed by atoms with E-state index in [4.69, 9.17) is 16.2 Å². The predicted molar refractivity (Wildman–Crippen MR) is 81.5 cm³/mol. The Morgan fingerprint density at radius 1 is 1.33 bits per heavy atom. The van der Waals surface area contributed by atoms with E-state index in [0.29, 0.717) is 24.5 Å². The minimum absolute atomic E-state index is 0.370. The van der Waals surface area contributed by atoms with Crippen LogP contribution in [0.3, 0.4) is 0 Å². The molecule has 0 unspecified atom stereocenters. The molecule has 0 fully saturated rings. The first-order valence-corrected chi connectivity index (χ1v) is 6.62. The molecule has 0 bridgehead atoms. The number of amides is 1. The number of pyridine rings is 1. The summed E-state index contributed by atoms with van der Waals surface area (Å²) in [4.78, 5) is 15.1. The van der Waals surface area contributed by atoms with Crippen molar-refractivity contribution in [1.29, 1.82) is 0 Å². The molecule has 6 heteroatoms. The van der Waals surface area contributed by atoms with Crippen molar-refractivity contribution in [1.82, 2.24) is 4.98 Å². The predicted octanol–water partition coefficient (Wildman–Crippen LogP) is 1.78. The highest BCUT2D eigenvalue weighted by atomic mass is 16.5. The zero-order valence-electron chi connectivity index (χ0n) is 11.8. The summed E-state index contributed by atoms with van der Waals surface area (Å²) in [6, 6.07) is 8.98. The minimum Gasteiger partial charge on any atom is -0.494 e. The number of primary amides is 1. The molecule has 2 rings (SSSR count). The lowest BCUT2D eigenvalue weighted by Crippen LogP contribution is -2.11. The molecule has 0 aliphatic heterocycles. The van der Waals surface area contributed by atoms with E-state index in [9.17, 15) is 4.79 Å². The second-order valence-electron chi connectivity index (χ2n) is 4.38. The number of benzene rings is 1. The first-order valence-electron chi connectivity index (χ1n) is 6.62. The van der Waals surface area contributed by atoms with Gasteiger partial charge in [-0.15, -0.1) is 0 Å². The molecule has 0 aliphatic rings. The summed E-state index contributed by atoms with van der Waals surface area (Å²) in [6.07, 6.45) is 1.43. The van der Waals surface area contributed by atoms with Gasteiger partial charge in [-0.2, -0.15) is 0 Å². The highest BCUT2D eigenvalue weighted by Gasteiger charge is 2.05. The molecule has 110 valence electrons. The maximum absolute atomic E-state index is 11.0. The summed E-state index contributed by atoms with van der Waals surface area (Å²) in [6.45, 7) is 2.91. The van der Waals surface area contributed by atoms with E-state index in [-0.39, 0.29) is 0 Å². The van der Waals surface area contributed by atoms with Gasteiger partial charge < -0.3 is 21.5 Å². The fourth-order valence-corrected chi connectivity index (χ4v) is 1.87. The number of nitrogens with zero attached hydrogens (tertiary/aromatic N) is 1. The van der Waals surface area contributed by atoms with Gasteiger partial charge in [0.15, 0.2) is 0 Å². The number of rotatable bonds is 6. The Balaban J connectivity index is 2.17. The van der Waals surface area contributed by atoms with Gasteiger partial charge in [0.25, 0.3) is 0 Å². The minimum atomic E-state index is -0.500. The van der Waals surface area contributed by atoms with Gasteiger partial charge in [0.1, 0.15) is 11.6 Å². The van der Waals surface area contributed by atoms with E-state index in [1.54, 1.807) is 12.1 Å². The summed E-state index contributed by atoms with van der Waals surface area (Å²) in [5, 5.41) is 3.14. The number of nitrogens with one attached hydrogen (secondary N) is 1. The summed E-state index contributed by atoms with van der Waals surface area (Å²) < 4.78 is 5.50. The molecular formula is C15H18N4O2. The van der Waals surface area contributed by atoms with Gasteiger partial charge in [-0.25, -0.2) is 4.98 Å². The van der Waals surface area contributed by atoms with Gasteiger partial charge >= 0.3 is 0 Å². The van der Waals surface area contributed by atoms with Crippen LogP contribution < -0.4 is 21.5 Å². The van der Waals surface area contributed by atoms with Crippen LogP contribution in [0.1, 0.15) is 22.8 Å². The largest absolute Gasteiger partial charge is 0.494 e. The van der Waals surface area contributed by atoms with Crippen LogP contribution in [0.15, 0.2) is 36.5 Å². The lowest BCUT2D eigenvalue weighted by atomic mass is 10.1. The molecule has 21 heavy (non-hydrogen) atoms. The highest BCUT2D eigenvalue weighted by Crippen LogP contribution is 2.24. The van der Waals surface area contributed by atoms with Crippen LogP contribution in [-0.2, 0) is 6.54 Å². The van der Waals surface area contributed by atoms with E-state index < -0.39 is 5.91 Å². The third-order valence-corrected chi connectivity index (χ3v) is 2.90. The number of anilines is 2. The highest BCUT2D eigenvalue weighted by molar-refractivity contribution is 5.92. The SMILES string of the molecule is CCOc1ccc(Nc2ccc(C(N)=O)cn2)cc1CN. The Bertz CT molecular complexity index is 626. The molecule has 0 aliphatic carbocycles. The first-order chi connectivity index (χ1) is 10.1. The summed E-state index contributed by atoms with van der Waals surface area (Å²) in [7, 11) is 0. The Hall–Kier alpha value is -2.60. The molecule has 0 spiro atoms. The van der Waals surface area contributed by atoms with Crippen LogP contribution in [0.25, 0.3) is 0 Å². The molecule has 5 N–H and O–H groups in total. The quantitative estimate of drug-likeness (QED) is 0.751. The second kappa shape index (κ2) is 6.71. The average molecular weight is 286 g/mol. The molecule has 0 saturated heterocycles. The van der Waals surface area contributed by atoms with Crippen molar-refractivity contribution in [3.05, 3.63) is 47.7 Å². The van der Waals surface area contributed by atoms with Gasteiger partial charge in [0.05, 0.1) is 12.2 Å². The summed E-state index contributed by atoms with van der Waals surface area (Å²) >= 11 is 0. The number of hydrogen-bond acceptors (Lipinski definition) is 5. The smallest absolute Gasteiger partial charge is 0.250 e. The van der Waals surface area contributed by atoms with Gasteiger partial charge in [0, 0.05) is 24.0 Å². The van der Waals surface area contributed by atoms with E-state index in [1.807, 2.05) is 25.1 Å². The van der Waals surface area contributed by atoms with E-state index in [2.05, 4.69) is 10.3 Å². The van der Waals surface area contributed by atoms with Crippen molar-refractivity contribution < 1.29 is 9.53 Å². The molecule has 6 nitrogen and oxygen atoms in total. The number of ether oxygens (including phenoxy) is 1. The van der Waals surface area contributed by atoms with E-state index in [0.717, 1.165) is 17.0 Å². The van der Waals surface area contributed by atoms with Crippen LogP contribution in [0, 0.1) is 0 Å². The first kappa shape index (κ1) is 14.8. The fraction of sp³-hybridized carbons (Fsp3) is 0.200. The van der Waals surface area contributed by atoms with Gasteiger partial charge in [-0.3, -0.25) is 4.79 Å². The van der Waals surface area contributed by atoms with Crippen molar-refractivity contribution in [2.24, 2.45) is 11.5 Å². The van der Waals surface area contributed by atoms with Crippen molar-refractivity contribution in [2.45, 2.75) is 13.5 Å². The van der Waals surface area contributed by atoms with Crippen LogP contribution in [-0.4, -0.2) is 17.5 Å². The summed E-state index contributed by atoms with van der Waals surface area (Å²) in [5.41, 5.74) is 13.0. The lowest BCUT2D eigenvalue weighted by molar-refractivity contribution is 0.1000. The molecule has 0 radical (unpaired) electrons. The summed E-state index contributed by atoms with van der Waals surface area (Å²) in [5.74, 6) is 0.898. The Morgan fingerprint density at radius 3 is 2.71 bits per heavy atom. The Kier molecular flexibility index (Phi) is 4.73. The zero-order valence-corrected chi connectivity index (χ0v) is 11.8. The number of aromatic nitrogens is 1. The third kappa shape index (κ3) is 3.70. The number of hydrogen-bond donors (Lipinski definition) is 3. The molecule has 0 atom stereocenters. The van der Waals surface area contributed by atoms with E-state index >= 15 is 0 Å². The van der Waals surface area contributed by atoms with Crippen LogP contribution >= 0.6 is 0 Å². The third-order valence-electron chi connectivity index (χ3n) is 2.90. The molecule has 0 saturated carbocycles. The topological polar surface area (TPSA) is 103 Å². The van der Waals surface area contributed by atoms with Crippen LogP contribution in [0.2, 0.25) is 0 Å². The van der Waals surface area contributed by atoms with Crippen molar-refractivity contribution in [3.63, 3.8) is 0 Å². The lowest BCUT2D eigenvalue weighted by Gasteiger charge is -2.12. The van der Waals surface area contributed by atoms with Crippen molar-refractivity contribution in [3.8, 4) is 5.75 Å². The molecule has 2 aromatic rings. The molecule has 1 aromatic heterocycles. The Morgan fingerprint density at radius 2 is 2.14 bits per heavy atom. The average Bonchev–Trinajstić information content (AvgIpc) is 2.49. The molecule has 1 aromatic carbocycles. The Labute approximate surface area is 123 Å². The number of carbonyl (C=O) groups is 1. The van der Waals surface area contributed by atoms with Gasteiger partial charge in [-0.05, 0) is 37.3 Å². The van der Waals surface area contributed by atoms with Crippen molar-refractivity contribution >= 4 is 17.4 Å². The normalized spacial score (nSPS) is 10.2. The second-order valence-corrected chi connectivity index (χ2v) is 4.38. The van der Waals surface area contributed by atoms with Gasteiger partial charge in [0.2, 0.25) is 5.91 Å². The molecule has 1 heterocycles. The maximum atomic E-state index is 11.0. The standard InChI is InChI=1S/C15H18N4O2/c1-2-21-13-5-4-12(7-11(13)8-16)19-14-6-3-10(9-18-14)15(17)20/h3-7,9H,2,8,16H2,1H3,(H2,17,20)(H,18,19). The number of carbonyl (C=O) groups excluding carboxylic acids is 1. The fourth-order valence-electron chi connectivity index (χ4n) is 1.87. The van der Waals surface area contributed by atoms with Crippen LogP contribution in [0.4, 0.5) is 11.5 Å². The molecular weight excluding hydrogens is 268 g/mol. The number of nitrogens with two attached hydrogens (primary N) is 2. The molecule has 1 amide bonds. The van der Waals surface area contributed by atoms with E-state index in [1.165, 1.54) is 6.20 Å². The zero-order chi connectivity index (χ0) is 15.2. The van der Waals surface area contributed by atoms with Crippen molar-refractivity contribution in [2.75, 3.05) is 11.9 Å². The van der Waals surface area contributed by atoms with Crippen LogP contribution in [0.5, 0.6) is 5.75 Å². The van der Waals surface area contributed by atoms with Gasteiger partial charge in [-0.1, -0.05) is 0 Å². The maximum Gasteiger partial charge on any atom is 0.250 e. The monoisotopic (exact) mass is 286 g/mol.